The Hall–Kier alpha value is -2.08. The number of hydrogen-bond donors (Lipinski definition) is 1. The molecule has 3 rings (SSSR count). The first kappa shape index (κ1) is 19.7. The number of aromatic nitrogens is 2. The van der Waals surface area contributed by atoms with E-state index < -0.39 is 0 Å². The van der Waals surface area contributed by atoms with Gasteiger partial charge in [0.15, 0.2) is 0 Å². The van der Waals surface area contributed by atoms with Gasteiger partial charge in [-0.1, -0.05) is 72.2 Å². The van der Waals surface area contributed by atoms with Crippen molar-refractivity contribution in [2.75, 3.05) is 5.32 Å². The van der Waals surface area contributed by atoms with Crippen molar-refractivity contribution < 1.29 is 4.79 Å². The minimum atomic E-state index is -0.310. The second-order valence-corrected chi connectivity index (χ2v) is 7.80. The first-order chi connectivity index (χ1) is 13.1. The highest BCUT2D eigenvalue weighted by Crippen LogP contribution is 2.29. The number of thioether (sulfide) groups is 1. The largest absolute Gasteiger partial charge is 0.324 e. The molecule has 1 N–H and O–H groups in total. The molecule has 0 saturated heterocycles. The molecule has 7 heteroatoms. The Labute approximate surface area is 172 Å². The van der Waals surface area contributed by atoms with Crippen molar-refractivity contribution in [2.45, 2.75) is 23.6 Å². The van der Waals surface area contributed by atoms with E-state index in [1.54, 1.807) is 18.2 Å². The molecule has 1 amide bonds. The number of nitrogens with one attached hydrogen (secondary N) is 1. The third-order valence-electron chi connectivity index (χ3n) is 3.83. The number of hydrogen-bond acceptors (Lipinski definition) is 4. The summed E-state index contributed by atoms with van der Waals surface area (Å²) in [7, 11) is 0. The second-order valence-electron chi connectivity index (χ2n) is 5.74. The Morgan fingerprint density at radius 2 is 1.89 bits per heavy atom. The van der Waals surface area contributed by atoms with Crippen LogP contribution in [0.2, 0.25) is 10.0 Å². The van der Waals surface area contributed by atoms with E-state index in [9.17, 15) is 4.79 Å². The molecule has 1 aromatic heterocycles. The molecule has 0 aliphatic rings. The molecule has 1 atom stereocenters. The van der Waals surface area contributed by atoms with Crippen molar-refractivity contribution in [3.63, 3.8) is 0 Å². The number of amides is 1. The number of anilines is 1. The van der Waals surface area contributed by atoms with Crippen molar-refractivity contribution in [3.05, 3.63) is 71.0 Å². The maximum Gasteiger partial charge on any atom is 0.237 e. The Bertz CT molecular complexity index is 938. The molecule has 0 spiro atoms. The predicted octanol–water partition coefficient (Wildman–Crippen LogP) is 5.96. The average Bonchev–Trinajstić information content (AvgIpc) is 2.69. The van der Waals surface area contributed by atoms with Gasteiger partial charge in [0.2, 0.25) is 5.91 Å². The molecule has 4 nitrogen and oxygen atoms in total. The van der Waals surface area contributed by atoms with Crippen LogP contribution >= 0.6 is 35.0 Å². The molecular weight excluding hydrogens is 401 g/mol. The van der Waals surface area contributed by atoms with E-state index in [1.807, 2.05) is 43.3 Å². The third-order valence-corrected chi connectivity index (χ3v) is 5.67. The van der Waals surface area contributed by atoms with Crippen LogP contribution in [0.1, 0.15) is 13.3 Å². The molecule has 2 aromatic carbocycles. The number of carbonyl (C=O) groups is 1. The monoisotopic (exact) mass is 417 g/mol. The van der Waals surface area contributed by atoms with Crippen LogP contribution in [0.3, 0.4) is 0 Å². The zero-order valence-electron chi connectivity index (χ0n) is 14.5. The van der Waals surface area contributed by atoms with Crippen molar-refractivity contribution in [1.82, 2.24) is 9.97 Å². The van der Waals surface area contributed by atoms with Gasteiger partial charge in [0.25, 0.3) is 0 Å². The molecule has 0 fully saturated rings. The average molecular weight is 418 g/mol. The fraction of sp³-hybridized carbons (Fsp3) is 0.150. The van der Waals surface area contributed by atoms with Gasteiger partial charge in [0.05, 0.1) is 21.7 Å². The highest BCUT2D eigenvalue weighted by molar-refractivity contribution is 8.00. The van der Waals surface area contributed by atoms with E-state index in [-0.39, 0.29) is 11.2 Å². The minimum Gasteiger partial charge on any atom is -0.324 e. The summed E-state index contributed by atoms with van der Waals surface area (Å²) in [5.41, 5.74) is 2.37. The van der Waals surface area contributed by atoms with Crippen molar-refractivity contribution >= 4 is 46.6 Å². The van der Waals surface area contributed by atoms with Crippen molar-refractivity contribution in [2.24, 2.45) is 0 Å². The van der Waals surface area contributed by atoms with Crippen LogP contribution in [0, 0.1) is 0 Å². The molecule has 0 aliphatic carbocycles. The first-order valence-corrected chi connectivity index (χ1v) is 10.0. The van der Waals surface area contributed by atoms with E-state index in [1.165, 1.54) is 18.1 Å². The summed E-state index contributed by atoms with van der Waals surface area (Å²) >= 11 is 13.4. The predicted molar refractivity (Wildman–Crippen MR) is 112 cm³/mol. The van der Waals surface area contributed by atoms with Crippen molar-refractivity contribution in [3.8, 4) is 11.3 Å². The summed E-state index contributed by atoms with van der Waals surface area (Å²) in [6, 6.07) is 16.7. The van der Waals surface area contributed by atoms with E-state index in [2.05, 4.69) is 15.3 Å². The lowest BCUT2D eigenvalue weighted by atomic mass is 10.1. The summed E-state index contributed by atoms with van der Waals surface area (Å²) in [5.74, 6) is -0.133. The summed E-state index contributed by atoms with van der Waals surface area (Å²) in [6.45, 7) is 1.96. The third kappa shape index (κ3) is 5.22. The SMILES string of the molecule is CCC(Sc1cc(-c2ccccc2)ncn1)C(=O)Nc1ccc(Cl)cc1Cl. The van der Waals surface area contributed by atoms with Gasteiger partial charge in [-0.3, -0.25) is 4.79 Å². The molecule has 138 valence electrons. The van der Waals surface area contributed by atoms with Crippen LogP contribution in [-0.2, 0) is 4.79 Å². The minimum absolute atomic E-state index is 0.133. The van der Waals surface area contributed by atoms with Crippen LogP contribution in [0.5, 0.6) is 0 Å². The van der Waals surface area contributed by atoms with E-state index >= 15 is 0 Å². The van der Waals surface area contributed by atoms with Gasteiger partial charge in [0.1, 0.15) is 11.4 Å². The topological polar surface area (TPSA) is 54.9 Å². The highest BCUT2D eigenvalue weighted by Gasteiger charge is 2.20. The fourth-order valence-electron chi connectivity index (χ4n) is 2.44. The molecule has 3 aromatic rings. The maximum absolute atomic E-state index is 12.7. The van der Waals surface area contributed by atoms with Gasteiger partial charge in [0, 0.05) is 10.6 Å². The lowest BCUT2D eigenvalue weighted by molar-refractivity contribution is -0.115. The zero-order chi connectivity index (χ0) is 19.2. The molecule has 1 unspecified atom stereocenters. The van der Waals surface area contributed by atoms with Crippen molar-refractivity contribution in [1.29, 1.82) is 0 Å². The quantitative estimate of drug-likeness (QED) is 0.396. The smallest absolute Gasteiger partial charge is 0.237 e. The lowest BCUT2D eigenvalue weighted by Gasteiger charge is -2.15. The first-order valence-electron chi connectivity index (χ1n) is 8.37. The Morgan fingerprint density at radius 1 is 1.11 bits per heavy atom. The van der Waals surface area contributed by atoms with Crippen LogP contribution in [0.4, 0.5) is 5.69 Å². The molecule has 27 heavy (non-hydrogen) atoms. The van der Waals surface area contributed by atoms with Crippen LogP contribution in [0.15, 0.2) is 66.0 Å². The Balaban J connectivity index is 1.74. The molecule has 0 bridgehead atoms. The number of nitrogens with zero attached hydrogens (tertiary/aromatic N) is 2. The van der Waals surface area contributed by atoms with Gasteiger partial charge in [-0.25, -0.2) is 9.97 Å². The molecule has 0 aliphatic heterocycles. The van der Waals surface area contributed by atoms with Crippen LogP contribution in [0.25, 0.3) is 11.3 Å². The number of benzene rings is 2. The van der Waals surface area contributed by atoms with Gasteiger partial charge < -0.3 is 5.32 Å². The maximum atomic E-state index is 12.7. The van der Waals surface area contributed by atoms with E-state index in [4.69, 9.17) is 23.2 Å². The summed E-state index contributed by atoms with van der Waals surface area (Å²) in [5, 5.41) is 4.22. The molecule has 0 saturated carbocycles. The molecular formula is C20H17Cl2N3OS. The van der Waals surface area contributed by atoms with E-state index in [0.29, 0.717) is 22.2 Å². The van der Waals surface area contributed by atoms with Gasteiger partial charge >= 0.3 is 0 Å². The Kier molecular flexibility index (Phi) is 6.72. The van der Waals surface area contributed by atoms with Gasteiger partial charge in [-0.2, -0.15) is 0 Å². The number of halogens is 2. The fourth-order valence-corrected chi connectivity index (χ4v) is 3.81. The highest BCUT2D eigenvalue weighted by atomic mass is 35.5. The standard InChI is InChI=1S/C20H17Cl2N3OS/c1-2-18(20(26)25-16-9-8-14(21)10-15(16)22)27-19-11-17(23-12-24-19)13-6-4-3-5-7-13/h3-12,18H,2H2,1H3,(H,25,26). The molecule has 0 radical (unpaired) electrons. The molecule has 1 heterocycles. The van der Waals surface area contributed by atoms with Crippen LogP contribution < -0.4 is 5.32 Å². The Morgan fingerprint density at radius 3 is 2.59 bits per heavy atom. The summed E-state index contributed by atoms with van der Waals surface area (Å²) in [4.78, 5) is 21.3. The second kappa shape index (κ2) is 9.22. The lowest BCUT2D eigenvalue weighted by Crippen LogP contribution is -2.24. The summed E-state index contributed by atoms with van der Waals surface area (Å²) < 4.78 is 0. The van der Waals surface area contributed by atoms with Gasteiger partial charge in [-0.15, -0.1) is 0 Å². The summed E-state index contributed by atoms with van der Waals surface area (Å²) in [6.07, 6.45) is 2.16. The van der Waals surface area contributed by atoms with E-state index in [0.717, 1.165) is 16.3 Å². The number of carbonyl (C=O) groups excluding carboxylic acids is 1. The zero-order valence-corrected chi connectivity index (χ0v) is 16.9. The van der Waals surface area contributed by atoms with Gasteiger partial charge in [-0.05, 0) is 30.7 Å². The normalized spacial score (nSPS) is 11.8. The number of rotatable bonds is 6. The van der Waals surface area contributed by atoms with Crippen LogP contribution in [-0.4, -0.2) is 21.1 Å².